The Bertz CT molecular complexity index is 240. The van der Waals surface area contributed by atoms with Crippen molar-refractivity contribution in [2.45, 2.75) is 45.4 Å². The topological polar surface area (TPSA) is 17.1 Å². The predicted molar refractivity (Wildman–Crippen MR) is 53.4 cm³/mol. The number of fused-ring (bicyclic) bond motifs is 1. The highest BCUT2D eigenvalue weighted by molar-refractivity contribution is 5.88. The van der Waals surface area contributed by atoms with Crippen LogP contribution in [0.1, 0.15) is 45.4 Å². The molecule has 0 spiro atoms. The van der Waals surface area contributed by atoms with Gasteiger partial charge in [-0.3, -0.25) is 4.79 Å². The maximum absolute atomic E-state index is 11.4. The van der Waals surface area contributed by atoms with E-state index >= 15 is 0 Å². The Morgan fingerprint density at radius 3 is 3.00 bits per heavy atom. The molecule has 72 valence electrons. The van der Waals surface area contributed by atoms with Gasteiger partial charge in [0.25, 0.3) is 0 Å². The van der Waals surface area contributed by atoms with Crippen molar-refractivity contribution in [2.24, 2.45) is 11.8 Å². The van der Waals surface area contributed by atoms with Crippen molar-refractivity contribution in [1.29, 1.82) is 0 Å². The lowest BCUT2D eigenvalue weighted by molar-refractivity contribution is -0.120. The second-order valence-corrected chi connectivity index (χ2v) is 4.35. The first kappa shape index (κ1) is 8.98. The van der Waals surface area contributed by atoms with Crippen molar-refractivity contribution in [3.8, 4) is 0 Å². The largest absolute Gasteiger partial charge is 0.299 e. The van der Waals surface area contributed by atoms with Crippen LogP contribution in [0.4, 0.5) is 0 Å². The molecule has 0 aromatic rings. The molecule has 2 aliphatic rings. The molecule has 1 fully saturated rings. The Balaban J connectivity index is 1.83. The summed E-state index contributed by atoms with van der Waals surface area (Å²) in [6.45, 7) is 2.22. The molecule has 0 unspecified atom stereocenters. The summed E-state index contributed by atoms with van der Waals surface area (Å²) in [5.41, 5.74) is 1.46. The fourth-order valence-corrected chi connectivity index (χ4v) is 2.61. The lowest BCUT2D eigenvalue weighted by atomic mass is 9.74. The van der Waals surface area contributed by atoms with Gasteiger partial charge in [0.1, 0.15) is 5.78 Å². The lowest BCUT2D eigenvalue weighted by Crippen LogP contribution is -2.24. The second kappa shape index (κ2) is 3.65. The van der Waals surface area contributed by atoms with E-state index in [-0.39, 0.29) is 0 Å². The van der Waals surface area contributed by atoms with E-state index in [0.29, 0.717) is 17.6 Å². The number of allylic oxidation sites excluding steroid dienone is 2. The standard InChI is InChI=1S/C12H18O/c1-2-3-4-5-9-8-10-6-7-11(13)12(9)10/h8,10,12H,2-7H2,1H3/t10-,12+/m0/s1. The summed E-state index contributed by atoms with van der Waals surface area (Å²) in [4.78, 5) is 11.4. The third-order valence-electron chi connectivity index (χ3n) is 3.40. The van der Waals surface area contributed by atoms with E-state index in [0.717, 1.165) is 12.8 Å². The molecule has 2 aliphatic carbocycles. The van der Waals surface area contributed by atoms with E-state index in [1.807, 2.05) is 0 Å². The quantitative estimate of drug-likeness (QED) is 0.477. The Labute approximate surface area is 80.2 Å². The van der Waals surface area contributed by atoms with Crippen molar-refractivity contribution >= 4 is 5.78 Å². The SMILES string of the molecule is CCCCCC1=C[C@@H]2CCC(=O)[C@H]12. The van der Waals surface area contributed by atoms with Crippen LogP contribution in [0.25, 0.3) is 0 Å². The summed E-state index contributed by atoms with van der Waals surface area (Å²) in [7, 11) is 0. The molecule has 13 heavy (non-hydrogen) atoms. The molecule has 0 heterocycles. The molecule has 0 aromatic carbocycles. The average Bonchev–Trinajstić information content (AvgIpc) is 2.35. The fourth-order valence-electron chi connectivity index (χ4n) is 2.61. The van der Waals surface area contributed by atoms with Crippen LogP contribution in [-0.4, -0.2) is 5.78 Å². The summed E-state index contributed by atoms with van der Waals surface area (Å²) in [6, 6.07) is 0. The van der Waals surface area contributed by atoms with E-state index in [2.05, 4.69) is 13.0 Å². The highest BCUT2D eigenvalue weighted by Crippen LogP contribution is 2.45. The molecule has 2 atom stereocenters. The number of hydrogen-bond acceptors (Lipinski definition) is 1. The second-order valence-electron chi connectivity index (χ2n) is 4.35. The highest BCUT2D eigenvalue weighted by atomic mass is 16.1. The minimum Gasteiger partial charge on any atom is -0.299 e. The smallest absolute Gasteiger partial charge is 0.140 e. The first-order valence-electron chi connectivity index (χ1n) is 5.56. The van der Waals surface area contributed by atoms with Crippen LogP contribution in [0, 0.1) is 11.8 Å². The van der Waals surface area contributed by atoms with Crippen molar-refractivity contribution in [2.75, 3.05) is 0 Å². The summed E-state index contributed by atoms with van der Waals surface area (Å²) in [5.74, 6) is 1.53. The summed E-state index contributed by atoms with van der Waals surface area (Å²) >= 11 is 0. The zero-order valence-corrected chi connectivity index (χ0v) is 8.38. The van der Waals surface area contributed by atoms with Gasteiger partial charge in [-0.1, -0.05) is 31.4 Å². The molecular formula is C12H18O. The summed E-state index contributed by atoms with van der Waals surface area (Å²) in [6.07, 6.45) is 9.35. The normalized spacial score (nSPS) is 31.2. The molecular weight excluding hydrogens is 160 g/mol. The molecule has 0 aromatic heterocycles. The molecule has 0 amide bonds. The number of ketones is 1. The van der Waals surface area contributed by atoms with Gasteiger partial charge in [-0.2, -0.15) is 0 Å². The molecule has 1 saturated carbocycles. The third kappa shape index (κ3) is 1.56. The van der Waals surface area contributed by atoms with Gasteiger partial charge < -0.3 is 0 Å². The summed E-state index contributed by atoms with van der Waals surface area (Å²) < 4.78 is 0. The molecule has 0 saturated heterocycles. The first-order chi connectivity index (χ1) is 6.33. The molecule has 2 rings (SSSR count). The number of carbonyl (C=O) groups is 1. The maximum Gasteiger partial charge on any atom is 0.140 e. The van der Waals surface area contributed by atoms with E-state index < -0.39 is 0 Å². The van der Waals surface area contributed by atoms with Gasteiger partial charge in [0.15, 0.2) is 0 Å². The van der Waals surface area contributed by atoms with E-state index in [1.165, 1.54) is 31.3 Å². The van der Waals surface area contributed by atoms with Crippen molar-refractivity contribution in [3.05, 3.63) is 11.6 Å². The van der Waals surface area contributed by atoms with Gasteiger partial charge in [0.05, 0.1) is 0 Å². The number of hydrogen-bond donors (Lipinski definition) is 0. The van der Waals surface area contributed by atoms with Crippen LogP contribution in [0.5, 0.6) is 0 Å². The minimum atomic E-state index is 0.372. The van der Waals surface area contributed by atoms with Gasteiger partial charge in [0.2, 0.25) is 0 Å². The van der Waals surface area contributed by atoms with Crippen LogP contribution >= 0.6 is 0 Å². The number of unbranched alkanes of at least 4 members (excludes halogenated alkanes) is 2. The zero-order chi connectivity index (χ0) is 9.26. The number of Topliss-reactive ketones (excluding diaryl/α,β-unsaturated/α-hetero) is 1. The highest BCUT2D eigenvalue weighted by Gasteiger charge is 2.41. The molecule has 0 aliphatic heterocycles. The lowest BCUT2D eigenvalue weighted by Gasteiger charge is -2.29. The van der Waals surface area contributed by atoms with Crippen LogP contribution in [0.2, 0.25) is 0 Å². The Kier molecular flexibility index (Phi) is 2.52. The van der Waals surface area contributed by atoms with Crippen LogP contribution in [-0.2, 0) is 4.79 Å². The van der Waals surface area contributed by atoms with Crippen molar-refractivity contribution in [3.63, 3.8) is 0 Å². The van der Waals surface area contributed by atoms with Crippen LogP contribution in [0.3, 0.4) is 0 Å². The van der Waals surface area contributed by atoms with E-state index in [1.54, 1.807) is 0 Å². The Morgan fingerprint density at radius 1 is 1.46 bits per heavy atom. The summed E-state index contributed by atoms with van der Waals surface area (Å²) in [5, 5.41) is 0. The monoisotopic (exact) mass is 178 g/mol. The van der Waals surface area contributed by atoms with Gasteiger partial charge >= 0.3 is 0 Å². The van der Waals surface area contributed by atoms with E-state index in [9.17, 15) is 4.79 Å². The van der Waals surface area contributed by atoms with Crippen molar-refractivity contribution < 1.29 is 4.79 Å². The molecule has 1 nitrogen and oxygen atoms in total. The molecule has 0 bridgehead atoms. The number of rotatable bonds is 4. The van der Waals surface area contributed by atoms with E-state index in [4.69, 9.17) is 0 Å². The predicted octanol–water partition coefficient (Wildman–Crippen LogP) is 3.10. The van der Waals surface area contributed by atoms with Gasteiger partial charge in [-0.05, 0) is 25.2 Å². The van der Waals surface area contributed by atoms with Gasteiger partial charge in [-0.15, -0.1) is 0 Å². The van der Waals surface area contributed by atoms with Crippen molar-refractivity contribution in [1.82, 2.24) is 0 Å². The fraction of sp³-hybridized carbons (Fsp3) is 0.750. The zero-order valence-electron chi connectivity index (χ0n) is 8.38. The Hall–Kier alpha value is -0.590. The molecule has 1 heteroatoms. The van der Waals surface area contributed by atoms with Gasteiger partial charge in [0, 0.05) is 12.3 Å². The molecule has 0 radical (unpaired) electrons. The maximum atomic E-state index is 11.4. The minimum absolute atomic E-state index is 0.372. The third-order valence-corrected chi connectivity index (χ3v) is 3.40. The molecule has 0 N–H and O–H groups in total. The number of carbonyl (C=O) groups excluding carboxylic acids is 1. The van der Waals surface area contributed by atoms with Gasteiger partial charge in [-0.25, -0.2) is 0 Å². The average molecular weight is 178 g/mol. The first-order valence-corrected chi connectivity index (χ1v) is 5.56. The Morgan fingerprint density at radius 2 is 2.31 bits per heavy atom. The van der Waals surface area contributed by atoms with Crippen LogP contribution in [0.15, 0.2) is 11.6 Å². The van der Waals surface area contributed by atoms with Crippen LogP contribution < -0.4 is 0 Å².